The molecule has 5 nitrogen and oxygen atoms in total. The highest BCUT2D eigenvalue weighted by molar-refractivity contribution is 6.24. The summed E-state index contributed by atoms with van der Waals surface area (Å²) in [5, 5.41) is 0. The lowest BCUT2D eigenvalue weighted by atomic mass is 9.89. The summed E-state index contributed by atoms with van der Waals surface area (Å²) in [6.45, 7) is 3.71. The van der Waals surface area contributed by atoms with E-state index in [2.05, 4.69) is 35.2 Å². The summed E-state index contributed by atoms with van der Waals surface area (Å²) in [5.41, 5.74) is 2.82. The first-order chi connectivity index (χ1) is 17.1. The van der Waals surface area contributed by atoms with E-state index >= 15 is 0 Å². The molecule has 0 bridgehead atoms. The molecule has 0 radical (unpaired) electrons. The number of hydrogen-bond acceptors (Lipinski definition) is 5. The van der Waals surface area contributed by atoms with E-state index in [-0.39, 0.29) is 23.1 Å². The first-order valence-electron chi connectivity index (χ1n) is 13.5. The van der Waals surface area contributed by atoms with E-state index in [1.54, 1.807) is 0 Å². The summed E-state index contributed by atoms with van der Waals surface area (Å²) in [5.74, 6) is 0.942. The summed E-state index contributed by atoms with van der Waals surface area (Å²) >= 11 is 0. The number of nitrogens with zero attached hydrogens (tertiary/aromatic N) is 1. The van der Waals surface area contributed by atoms with Crippen molar-refractivity contribution in [1.82, 2.24) is 4.90 Å². The Balaban J connectivity index is 1.05. The maximum atomic E-state index is 12.7. The molecular weight excluding hydrogens is 438 g/mol. The van der Waals surface area contributed by atoms with E-state index in [0.29, 0.717) is 29.9 Å². The van der Waals surface area contributed by atoms with E-state index in [1.165, 1.54) is 90.8 Å². The number of benzene rings is 1. The van der Waals surface area contributed by atoms with Crippen LogP contribution in [-0.2, 0) is 19.1 Å². The summed E-state index contributed by atoms with van der Waals surface area (Å²) in [6.07, 6.45) is 12.6. The van der Waals surface area contributed by atoms with Crippen molar-refractivity contribution in [2.45, 2.75) is 76.5 Å². The second-order valence-corrected chi connectivity index (χ2v) is 10.4. The number of allylic oxidation sites excluding steroid dienone is 2. The van der Waals surface area contributed by atoms with Gasteiger partial charge in [0.05, 0.1) is 14.2 Å². The van der Waals surface area contributed by atoms with Gasteiger partial charge in [0.15, 0.2) is 0 Å². The van der Waals surface area contributed by atoms with Gasteiger partial charge in [0.2, 0.25) is 23.1 Å². The average Bonchev–Trinajstić information content (AvgIpc) is 3.33. The maximum absolute atomic E-state index is 12.7. The largest absolute Gasteiger partial charge is 0.489 e. The number of rotatable bonds is 12. The van der Waals surface area contributed by atoms with Crippen LogP contribution in [0.2, 0.25) is 0 Å². The first-order valence-corrected chi connectivity index (χ1v) is 13.5. The lowest BCUT2D eigenvalue weighted by Crippen LogP contribution is -2.33. The minimum atomic E-state index is -0.161. The Morgan fingerprint density at radius 3 is 1.89 bits per heavy atom. The van der Waals surface area contributed by atoms with Gasteiger partial charge in [-0.05, 0) is 75.6 Å². The van der Waals surface area contributed by atoms with Gasteiger partial charge in [0, 0.05) is 11.1 Å². The van der Waals surface area contributed by atoms with Crippen LogP contribution in [0.3, 0.4) is 0 Å². The van der Waals surface area contributed by atoms with Crippen LogP contribution in [0.1, 0.15) is 82.1 Å². The van der Waals surface area contributed by atoms with E-state index in [0.717, 1.165) is 12.3 Å². The van der Waals surface area contributed by atoms with Crippen molar-refractivity contribution < 1.29 is 19.1 Å². The molecule has 1 heterocycles. The summed E-state index contributed by atoms with van der Waals surface area (Å²) in [4.78, 5) is 28.0. The van der Waals surface area contributed by atoms with Crippen molar-refractivity contribution in [2.75, 3.05) is 33.9 Å². The number of likely N-dealkylation sites (tertiary alicyclic amines) is 1. The Kier molecular flexibility index (Phi) is 9.19. The zero-order valence-corrected chi connectivity index (χ0v) is 21.5. The number of carbonyl (C=O) groups is 2. The number of ketones is 2. The molecule has 1 fully saturated rings. The third kappa shape index (κ3) is 6.24. The lowest BCUT2D eigenvalue weighted by Gasteiger charge is -2.32. The Bertz CT molecular complexity index is 902. The van der Waals surface area contributed by atoms with Crippen molar-refractivity contribution >= 4 is 11.6 Å². The van der Waals surface area contributed by atoms with Crippen molar-refractivity contribution in [3.63, 3.8) is 0 Å². The number of methoxy groups -OCH3 is 2. The van der Waals surface area contributed by atoms with Crippen LogP contribution < -0.4 is 0 Å². The minimum Gasteiger partial charge on any atom is -0.489 e. The molecule has 0 N–H and O–H groups in total. The van der Waals surface area contributed by atoms with Gasteiger partial charge in [-0.1, -0.05) is 62.4 Å². The molecule has 190 valence electrons. The minimum absolute atomic E-state index is 0.0671. The number of carbonyl (C=O) groups excluding carboxylic acids is 2. The highest BCUT2D eigenvalue weighted by Gasteiger charge is 2.41. The monoisotopic (exact) mass is 479 g/mol. The molecule has 0 spiro atoms. The van der Waals surface area contributed by atoms with Crippen LogP contribution in [0, 0.1) is 5.92 Å². The molecule has 0 atom stereocenters. The Labute approximate surface area is 210 Å². The van der Waals surface area contributed by atoms with Crippen molar-refractivity contribution in [1.29, 1.82) is 0 Å². The molecule has 5 heteroatoms. The van der Waals surface area contributed by atoms with Gasteiger partial charge in [-0.25, -0.2) is 0 Å². The van der Waals surface area contributed by atoms with Crippen molar-refractivity contribution in [2.24, 2.45) is 5.92 Å². The molecule has 0 aromatic heterocycles. The second-order valence-electron chi connectivity index (χ2n) is 10.4. The van der Waals surface area contributed by atoms with Crippen LogP contribution in [0.5, 0.6) is 0 Å². The number of hydrogen-bond donors (Lipinski definition) is 0. The number of ether oxygens (including phenoxy) is 2. The zero-order valence-electron chi connectivity index (χ0n) is 21.5. The molecule has 1 aliphatic heterocycles. The molecule has 4 rings (SSSR count). The quantitative estimate of drug-likeness (QED) is 0.273. The molecule has 2 aliphatic carbocycles. The number of unbranched alkanes of at least 4 members (excludes halogenated alkanes) is 5. The standard InChI is InChI=1S/C30H41NO4/c1-34-29-27(32)25-20-22(21-26(25)28(33)30(29)35-2)12-8-5-3-4-6-11-17-31-18-15-24(16-19-31)23-13-9-7-10-14-23/h7,9-10,13-14,22,24H,3-6,8,11-12,15-21H2,1-2H3. The zero-order chi connectivity index (χ0) is 24.6. The highest BCUT2D eigenvalue weighted by atomic mass is 16.5. The van der Waals surface area contributed by atoms with Crippen LogP contribution in [-0.4, -0.2) is 50.3 Å². The van der Waals surface area contributed by atoms with Crippen molar-refractivity contribution in [3.05, 3.63) is 58.6 Å². The molecular formula is C30H41NO4. The third-order valence-corrected chi connectivity index (χ3v) is 8.12. The smallest absolute Gasteiger partial charge is 0.228 e. The fourth-order valence-electron chi connectivity index (χ4n) is 6.10. The molecule has 0 unspecified atom stereocenters. The summed E-state index contributed by atoms with van der Waals surface area (Å²) in [6, 6.07) is 11.0. The van der Waals surface area contributed by atoms with Gasteiger partial charge in [0.1, 0.15) is 0 Å². The lowest BCUT2D eigenvalue weighted by molar-refractivity contribution is -0.121. The SMILES string of the molecule is COC1=C(OC)C(=O)C2=C(CC(CCCCCCCCN3CCC(c4ccccc4)CC3)C2)C1=O. The van der Waals surface area contributed by atoms with Gasteiger partial charge in [-0.2, -0.15) is 0 Å². The van der Waals surface area contributed by atoms with Gasteiger partial charge >= 0.3 is 0 Å². The van der Waals surface area contributed by atoms with Gasteiger partial charge in [-0.3, -0.25) is 9.59 Å². The fraction of sp³-hybridized carbons (Fsp3) is 0.600. The molecule has 1 aromatic carbocycles. The first kappa shape index (κ1) is 25.7. The normalized spacial score (nSPS) is 20.1. The average molecular weight is 480 g/mol. The highest BCUT2D eigenvalue weighted by Crippen LogP contribution is 2.41. The topological polar surface area (TPSA) is 55.8 Å². The van der Waals surface area contributed by atoms with Gasteiger partial charge in [-0.15, -0.1) is 0 Å². The Morgan fingerprint density at radius 1 is 0.771 bits per heavy atom. The molecule has 1 saturated heterocycles. The predicted octanol–water partition coefficient (Wildman–Crippen LogP) is 5.96. The second kappa shape index (κ2) is 12.5. The van der Waals surface area contributed by atoms with Gasteiger partial charge in [0.25, 0.3) is 0 Å². The molecule has 0 amide bonds. The summed E-state index contributed by atoms with van der Waals surface area (Å²) in [7, 11) is 2.84. The summed E-state index contributed by atoms with van der Waals surface area (Å²) < 4.78 is 10.3. The van der Waals surface area contributed by atoms with Gasteiger partial charge < -0.3 is 14.4 Å². The van der Waals surface area contributed by atoms with E-state index < -0.39 is 0 Å². The Hall–Kier alpha value is -2.40. The fourth-order valence-corrected chi connectivity index (χ4v) is 6.10. The maximum Gasteiger partial charge on any atom is 0.228 e. The van der Waals surface area contributed by atoms with Crippen LogP contribution in [0.25, 0.3) is 0 Å². The van der Waals surface area contributed by atoms with Crippen molar-refractivity contribution in [3.8, 4) is 0 Å². The molecule has 0 saturated carbocycles. The predicted molar refractivity (Wildman–Crippen MR) is 138 cm³/mol. The number of Topliss-reactive ketones (excluding diaryl/α,β-unsaturated/α-hetero) is 2. The van der Waals surface area contributed by atoms with Crippen LogP contribution in [0.15, 0.2) is 53.0 Å². The third-order valence-electron chi connectivity index (χ3n) is 8.12. The van der Waals surface area contributed by atoms with Crippen LogP contribution >= 0.6 is 0 Å². The van der Waals surface area contributed by atoms with Crippen LogP contribution in [0.4, 0.5) is 0 Å². The molecule has 35 heavy (non-hydrogen) atoms. The van der Waals surface area contributed by atoms with E-state index in [1.807, 2.05) is 0 Å². The molecule has 1 aromatic rings. The Morgan fingerprint density at radius 2 is 1.31 bits per heavy atom. The number of piperidine rings is 1. The molecule has 3 aliphatic rings. The van der Waals surface area contributed by atoms with E-state index in [9.17, 15) is 9.59 Å². The van der Waals surface area contributed by atoms with E-state index in [4.69, 9.17) is 9.47 Å².